The highest BCUT2D eigenvalue weighted by molar-refractivity contribution is 5.88. The van der Waals surface area contributed by atoms with E-state index in [1.165, 1.54) is 25.3 Å². The predicted molar refractivity (Wildman–Crippen MR) is 101 cm³/mol. The van der Waals surface area contributed by atoms with Crippen LogP contribution in [0.25, 0.3) is 0 Å². The molecule has 2 aromatic rings. The monoisotopic (exact) mass is 368 g/mol. The van der Waals surface area contributed by atoms with Crippen LogP contribution in [0.4, 0.5) is 15.0 Å². The lowest BCUT2D eigenvalue weighted by Crippen LogP contribution is -2.60. The molecule has 4 saturated carbocycles. The zero-order valence-electron chi connectivity index (χ0n) is 15.3. The summed E-state index contributed by atoms with van der Waals surface area (Å²) in [4.78, 5) is 12.6. The van der Waals surface area contributed by atoms with Crippen molar-refractivity contribution < 1.29 is 9.18 Å². The van der Waals surface area contributed by atoms with Gasteiger partial charge in [0.1, 0.15) is 5.82 Å². The molecule has 2 amide bonds. The van der Waals surface area contributed by atoms with E-state index in [0.717, 1.165) is 37.0 Å². The highest BCUT2D eigenvalue weighted by Crippen LogP contribution is 2.55. The summed E-state index contributed by atoms with van der Waals surface area (Å²) in [5.41, 5.74) is 0.555. The maximum atomic E-state index is 13.8. The predicted octanol–water partition coefficient (Wildman–Crippen LogP) is 4.16. The van der Waals surface area contributed by atoms with Crippen molar-refractivity contribution in [3.63, 3.8) is 0 Å². The van der Waals surface area contributed by atoms with Crippen molar-refractivity contribution in [3.05, 3.63) is 47.9 Å². The fourth-order valence-corrected chi connectivity index (χ4v) is 5.97. The number of carbonyl (C=O) groups excluding carboxylic acids is 1. The minimum atomic E-state index is -0.248. The SMILES string of the molecule is O=C(Nc1ccn(Cc2ccccc2F)n1)NC12CC3CC(CC(C3)C1)C2. The van der Waals surface area contributed by atoms with Gasteiger partial charge in [-0.25, -0.2) is 9.18 Å². The molecular weight excluding hydrogens is 343 g/mol. The Morgan fingerprint density at radius 2 is 1.78 bits per heavy atom. The Balaban J connectivity index is 1.22. The number of anilines is 1. The highest BCUT2D eigenvalue weighted by atomic mass is 19.1. The minimum absolute atomic E-state index is 0.0193. The van der Waals surface area contributed by atoms with Gasteiger partial charge in [-0.3, -0.25) is 10.00 Å². The first kappa shape index (κ1) is 16.8. The molecule has 0 radical (unpaired) electrons. The summed E-state index contributed by atoms with van der Waals surface area (Å²) in [5.74, 6) is 2.61. The number of benzene rings is 1. The fraction of sp³-hybridized carbons (Fsp3) is 0.524. The Hall–Kier alpha value is -2.37. The van der Waals surface area contributed by atoms with Gasteiger partial charge in [-0.15, -0.1) is 0 Å². The normalized spacial score (nSPS) is 31.1. The second kappa shape index (κ2) is 6.36. The molecule has 1 aromatic heterocycles. The lowest BCUT2D eigenvalue weighted by atomic mass is 9.53. The molecule has 6 rings (SSSR count). The number of amides is 2. The van der Waals surface area contributed by atoms with Crippen molar-refractivity contribution in [2.45, 2.75) is 50.6 Å². The van der Waals surface area contributed by atoms with E-state index in [0.29, 0.717) is 17.9 Å². The molecule has 4 aliphatic carbocycles. The molecule has 4 fully saturated rings. The molecule has 142 valence electrons. The van der Waals surface area contributed by atoms with Crippen molar-refractivity contribution in [1.29, 1.82) is 0 Å². The summed E-state index contributed by atoms with van der Waals surface area (Å²) in [6.07, 6.45) is 9.16. The van der Waals surface area contributed by atoms with Gasteiger partial charge in [0.05, 0.1) is 6.54 Å². The summed E-state index contributed by atoms with van der Waals surface area (Å²) >= 11 is 0. The summed E-state index contributed by atoms with van der Waals surface area (Å²) < 4.78 is 15.4. The minimum Gasteiger partial charge on any atom is -0.332 e. The van der Waals surface area contributed by atoms with Crippen LogP contribution in [0.2, 0.25) is 0 Å². The smallest absolute Gasteiger partial charge is 0.320 e. The molecule has 0 atom stereocenters. The lowest BCUT2D eigenvalue weighted by molar-refractivity contribution is -0.0127. The Labute approximate surface area is 158 Å². The number of hydrogen-bond acceptors (Lipinski definition) is 2. The van der Waals surface area contributed by atoms with E-state index in [1.807, 2.05) is 0 Å². The van der Waals surface area contributed by atoms with E-state index >= 15 is 0 Å². The van der Waals surface area contributed by atoms with Gasteiger partial charge in [0, 0.05) is 23.4 Å². The van der Waals surface area contributed by atoms with Gasteiger partial charge < -0.3 is 5.32 Å². The van der Waals surface area contributed by atoms with Crippen molar-refractivity contribution >= 4 is 11.8 Å². The molecule has 0 saturated heterocycles. The van der Waals surface area contributed by atoms with Gasteiger partial charge in [-0.05, 0) is 62.3 Å². The van der Waals surface area contributed by atoms with Crippen LogP contribution in [0.5, 0.6) is 0 Å². The highest BCUT2D eigenvalue weighted by Gasteiger charge is 2.51. The third-order valence-electron chi connectivity index (χ3n) is 6.59. The quantitative estimate of drug-likeness (QED) is 0.851. The Morgan fingerprint density at radius 3 is 2.44 bits per heavy atom. The van der Waals surface area contributed by atoms with Crippen molar-refractivity contribution in [2.24, 2.45) is 17.8 Å². The van der Waals surface area contributed by atoms with Crippen LogP contribution in [0.3, 0.4) is 0 Å². The van der Waals surface area contributed by atoms with Crippen molar-refractivity contribution in [3.8, 4) is 0 Å². The van der Waals surface area contributed by atoms with Crippen LogP contribution in [0, 0.1) is 23.6 Å². The molecule has 0 spiro atoms. The number of rotatable bonds is 4. The average Bonchev–Trinajstić information content (AvgIpc) is 3.02. The Kier molecular flexibility index (Phi) is 3.95. The second-order valence-corrected chi connectivity index (χ2v) is 8.77. The lowest BCUT2D eigenvalue weighted by Gasteiger charge is -2.56. The van der Waals surface area contributed by atoms with Crippen LogP contribution in [-0.2, 0) is 6.54 Å². The third-order valence-corrected chi connectivity index (χ3v) is 6.59. The molecule has 5 nitrogen and oxygen atoms in total. The largest absolute Gasteiger partial charge is 0.332 e. The number of nitrogens with one attached hydrogen (secondary N) is 2. The third kappa shape index (κ3) is 3.33. The van der Waals surface area contributed by atoms with E-state index in [1.54, 1.807) is 35.1 Å². The zero-order chi connectivity index (χ0) is 18.4. The van der Waals surface area contributed by atoms with Crippen molar-refractivity contribution in [1.82, 2.24) is 15.1 Å². The summed E-state index contributed by atoms with van der Waals surface area (Å²) in [6, 6.07) is 8.23. The first-order chi connectivity index (χ1) is 13.1. The van der Waals surface area contributed by atoms with Crippen LogP contribution in [0.15, 0.2) is 36.5 Å². The number of carbonyl (C=O) groups is 1. The molecule has 1 heterocycles. The Morgan fingerprint density at radius 1 is 1.11 bits per heavy atom. The van der Waals surface area contributed by atoms with Crippen LogP contribution >= 0.6 is 0 Å². The standard InChI is InChI=1S/C21H25FN4O/c22-18-4-2-1-3-17(18)13-26-6-5-19(25-26)23-20(27)24-21-10-14-7-15(11-21)9-16(8-14)12-21/h1-6,14-16H,7-13H2,(H2,23,24,25,27). The first-order valence-electron chi connectivity index (χ1n) is 9.93. The van der Waals surface area contributed by atoms with Gasteiger partial charge in [-0.1, -0.05) is 18.2 Å². The molecule has 0 aliphatic heterocycles. The molecule has 2 N–H and O–H groups in total. The fourth-order valence-electron chi connectivity index (χ4n) is 5.97. The summed E-state index contributed by atoms with van der Waals surface area (Å²) in [7, 11) is 0. The second-order valence-electron chi connectivity index (χ2n) is 8.77. The topological polar surface area (TPSA) is 59.0 Å². The molecule has 6 heteroatoms. The number of halogens is 1. The van der Waals surface area contributed by atoms with Crippen molar-refractivity contribution in [2.75, 3.05) is 5.32 Å². The first-order valence-corrected chi connectivity index (χ1v) is 9.93. The zero-order valence-corrected chi connectivity index (χ0v) is 15.3. The molecule has 27 heavy (non-hydrogen) atoms. The molecule has 4 bridgehead atoms. The molecular formula is C21H25FN4O. The van der Waals surface area contributed by atoms with Crippen LogP contribution in [0.1, 0.15) is 44.1 Å². The number of urea groups is 1. The maximum Gasteiger partial charge on any atom is 0.320 e. The number of hydrogen-bond donors (Lipinski definition) is 2. The van der Waals surface area contributed by atoms with Gasteiger partial charge >= 0.3 is 6.03 Å². The van der Waals surface area contributed by atoms with Crippen LogP contribution in [-0.4, -0.2) is 21.4 Å². The number of aromatic nitrogens is 2. The van der Waals surface area contributed by atoms with E-state index in [4.69, 9.17) is 0 Å². The van der Waals surface area contributed by atoms with E-state index in [9.17, 15) is 9.18 Å². The van der Waals surface area contributed by atoms with Gasteiger partial charge in [0.25, 0.3) is 0 Å². The molecule has 1 aromatic carbocycles. The summed E-state index contributed by atoms with van der Waals surface area (Å²) in [5, 5.41) is 10.5. The van der Waals surface area contributed by atoms with E-state index in [-0.39, 0.29) is 17.4 Å². The summed E-state index contributed by atoms with van der Waals surface area (Å²) in [6.45, 7) is 0.338. The Bertz CT molecular complexity index is 826. The van der Waals surface area contributed by atoms with Gasteiger partial charge in [-0.2, -0.15) is 5.10 Å². The molecule has 4 aliphatic rings. The van der Waals surface area contributed by atoms with E-state index < -0.39 is 0 Å². The number of nitrogens with zero attached hydrogens (tertiary/aromatic N) is 2. The average molecular weight is 368 g/mol. The van der Waals surface area contributed by atoms with Gasteiger partial charge in [0.15, 0.2) is 5.82 Å². The van der Waals surface area contributed by atoms with Crippen LogP contribution < -0.4 is 10.6 Å². The maximum absolute atomic E-state index is 13.8. The van der Waals surface area contributed by atoms with Gasteiger partial charge in [0.2, 0.25) is 0 Å². The molecule has 0 unspecified atom stereocenters. The van der Waals surface area contributed by atoms with E-state index in [2.05, 4.69) is 15.7 Å².